The van der Waals surface area contributed by atoms with E-state index in [-0.39, 0.29) is 47.3 Å². The third kappa shape index (κ3) is 5.38. The number of thiazole rings is 1. The van der Waals surface area contributed by atoms with Gasteiger partial charge >= 0.3 is 11.9 Å². The Labute approximate surface area is 247 Å². The minimum Gasteiger partial charge on any atom is -0.481 e. The van der Waals surface area contributed by atoms with Gasteiger partial charge in [0.25, 0.3) is 5.92 Å². The molecular weight excluding hydrogens is 599 g/mol. The number of halogens is 4. The van der Waals surface area contributed by atoms with Crippen LogP contribution in [-0.2, 0) is 19.1 Å². The third-order valence-corrected chi connectivity index (χ3v) is 8.76. The minimum atomic E-state index is -3.41. The highest BCUT2D eigenvalue weighted by Gasteiger charge is 2.63. The van der Waals surface area contributed by atoms with Crippen molar-refractivity contribution in [1.29, 1.82) is 0 Å². The summed E-state index contributed by atoms with van der Waals surface area (Å²) in [5.74, 6) is -8.22. The number of methoxy groups -OCH3 is 1. The molecule has 4 heterocycles. The first-order valence-electron chi connectivity index (χ1n) is 12.9. The summed E-state index contributed by atoms with van der Waals surface area (Å²) in [4.78, 5) is 49.4. The number of fused-ring (bicyclic) bond motifs is 1. The zero-order valence-electron chi connectivity index (χ0n) is 22.7. The summed E-state index contributed by atoms with van der Waals surface area (Å²) in [5.41, 5.74) is -0.901. The lowest BCUT2D eigenvalue weighted by Crippen LogP contribution is -2.45. The average molecular weight is 626 g/mol. The van der Waals surface area contributed by atoms with Gasteiger partial charge in [0.1, 0.15) is 17.8 Å². The largest absolute Gasteiger partial charge is 0.481 e. The van der Waals surface area contributed by atoms with Gasteiger partial charge in [0, 0.05) is 53.5 Å². The molecule has 1 amide bonds. The van der Waals surface area contributed by atoms with Crippen molar-refractivity contribution < 1.29 is 37.4 Å². The molecule has 2 fully saturated rings. The molecule has 0 saturated carbocycles. The van der Waals surface area contributed by atoms with E-state index in [1.165, 1.54) is 42.2 Å². The SMILES string of the molecule is COC(=O)C1=C(CN2CC(F)(F)[C@@H]3C(=O)N(CC(C)(C)C(=O)O)C[C@@H]32)NC(c2nccs2)=NC1c1ccc(F)cc1Cl. The lowest BCUT2D eigenvalue weighted by Gasteiger charge is -2.32. The van der Waals surface area contributed by atoms with Crippen molar-refractivity contribution in [3.63, 3.8) is 0 Å². The summed E-state index contributed by atoms with van der Waals surface area (Å²) in [6, 6.07) is 1.58. The molecule has 2 saturated heterocycles. The lowest BCUT2D eigenvalue weighted by molar-refractivity contribution is -0.150. The number of aromatic nitrogens is 1. The number of carbonyl (C=O) groups excluding carboxylic acids is 2. The van der Waals surface area contributed by atoms with Crippen LogP contribution in [0.2, 0.25) is 5.02 Å². The molecule has 1 aromatic heterocycles. The van der Waals surface area contributed by atoms with Gasteiger partial charge in [0.15, 0.2) is 10.8 Å². The second-order valence-electron chi connectivity index (χ2n) is 11.0. The van der Waals surface area contributed by atoms with E-state index in [4.69, 9.17) is 16.3 Å². The quantitative estimate of drug-likeness (QED) is 0.428. The van der Waals surface area contributed by atoms with Gasteiger partial charge in [-0.25, -0.2) is 22.9 Å². The smallest absolute Gasteiger partial charge is 0.338 e. The molecule has 0 radical (unpaired) electrons. The standard InChI is InChI=1S/C27H27ClF3N5O5S/c1-26(2,25(39)40)11-36-10-17-19(23(36)37)27(30,31)12-35(17)9-16-18(24(38)41-3)20(14-5-4-13(29)8-15(14)28)34-21(33-16)22-32-6-7-42-22/h4-8,17,19-20H,9-12H2,1-3H3,(H,33,34)(H,39,40)/t17-,19-,20?/m0/s1. The molecular formula is C27H27ClF3N5O5S. The second kappa shape index (κ2) is 11.0. The number of nitrogens with one attached hydrogen (secondary N) is 1. The van der Waals surface area contributed by atoms with Gasteiger partial charge in [0.05, 0.1) is 24.6 Å². The van der Waals surface area contributed by atoms with E-state index in [0.29, 0.717) is 5.01 Å². The Morgan fingerprint density at radius 1 is 1.33 bits per heavy atom. The van der Waals surface area contributed by atoms with E-state index < -0.39 is 59.5 Å². The van der Waals surface area contributed by atoms with Crippen LogP contribution < -0.4 is 5.32 Å². The number of benzene rings is 1. The van der Waals surface area contributed by atoms with E-state index in [0.717, 1.165) is 18.1 Å². The fraction of sp³-hybridized carbons (Fsp3) is 0.444. The summed E-state index contributed by atoms with van der Waals surface area (Å²) in [6.45, 7) is 1.49. The first kappa shape index (κ1) is 30.0. The number of hydrogen-bond acceptors (Lipinski definition) is 9. The Balaban J connectivity index is 1.55. The molecule has 2 aromatic rings. The highest BCUT2D eigenvalue weighted by Crippen LogP contribution is 2.45. The molecule has 0 spiro atoms. The normalized spacial score (nSPS) is 24.0. The number of aliphatic imine (C=N–C) groups is 1. The van der Waals surface area contributed by atoms with Gasteiger partial charge in [-0.1, -0.05) is 17.7 Å². The van der Waals surface area contributed by atoms with Crippen LogP contribution in [0.15, 0.2) is 46.0 Å². The molecule has 42 heavy (non-hydrogen) atoms. The van der Waals surface area contributed by atoms with Crippen molar-refractivity contribution in [2.24, 2.45) is 16.3 Å². The zero-order chi connectivity index (χ0) is 30.6. The van der Waals surface area contributed by atoms with Crippen LogP contribution in [0.3, 0.4) is 0 Å². The molecule has 1 unspecified atom stereocenters. The topological polar surface area (TPSA) is 124 Å². The van der Waals surface area contributed by atoms with Crippen LogP contribution in [0.25, 0.3) is 0 Å². The molecule has 10 nitrogen and oxygen atoms in total. The molecule has 3 aliphatic heterocycles. The number of rotatable bonds is 8. The molecule has 3 atom stereocenters. The first-order chi connectivity index (χ1) is 19.7. The fourth-order valence-corrected chi connectivity index (χ4v) is 6.45. The van der Waals surface area contributed by atoms with Gasteiger partial charge < -0.3 is 20.1 Å². The Hall–Kier alpha value is -3.49. The molecule has 3 aliphatic rings. The van der Waals surface area contributed by atoms with Crippen molar-refractivity contribution in [3.8, 4) is 0 Å². The van der Waals surface area contributed by atoms with Crippen LogP contribution >= 0.6 is 22.9 Å². The van der Waals surface area contributed by atoms with E-state index in [1.54, 1.807) is 11.6 Å². The number of carbonyl (C=O) groups is 3. The highest BCUT2D eigenvalue weighted by atomic mass is 35.5. The number of carboxylic acids is 1. The molecule has 5 rings (SSSR count). The number of amidine groups is 1. The number of likely N-dealkylation sites (tertiary alicyclic amines) is 2. The Morgan fingerprint density at radius 3 is 2.69 bits per heavy atom. The molecule has 0 bridgehead atoms. The van der Waals surface area contributed by atoms with Gasteiger partial charge in [-0.05, 0) is 26.0 Å². The number of amides is 1. The van der Waals surface area contributed by atoms with Crippen molar-refractivity contribution in [2.45, 2.75) is 31.9 Å². The van der Waals surface area contributed by atoms with Gasteiger partial charge in [-0.2, -0.15) is 0 Å². The number of ether oxygens (including phenoxy) is 1. The zero-order valence-corrected chi connectivity index (χ0v) is 24.3. The maximum atomic E-state index is 15.4. The molecule has 2 N–H and O–H groups in total. The maximum Gasteiger partial charge on any atom is 0.338 e. The second-order valence-corrected chi connectivity index (χ2v) is 12.3. The Bertz CT molecular complexity index is 1500. The summed E-state index contributed by atoms with van der Waals surface area (Å²) in [7, 11) is 1.16. The number of carboxylic acid groups (broad SMARTS) is 1. The summed E-state index contributed by atoms with van der Waals surface area (Å²) in [5, 5.41) is 14.7. The third-order valence-electron chi connectivity index (χ3n) is 7.66. The van der Waals surface area contributed by atoms with Crippen molar-refractivity contribution in [2.75, 3.05) is 33.3 Å². The number of nitrogens with zero attached hydrogens (tertiary/aromatic N) is 4. The van der Waals surface area contributed by atoms with E-state index in [9.17, 15) is 23.9 Å². The van der Waals surface area contributed by atoms with Crippen LogP contribution in [0, 0.1) is 17.2 Å². The van der Waals surface area contributed by atoms with Gasteiger partial charge in [-0.15, -0.1) is 11.3 Å². The molecule has 224 valence electrons. The monoisotopic (exact) mass is 625 g/mol. The van der Waals surface area contributed by atoms with Gasteiger partial charge in [0.2, 0.25) is 5.91 Å². The maximum absolute atomic E-state index is 15.4. The highest BCUT2D eigenvalue weighted by molar-refractivity contribution is 7.11. The number of aliphatic carboxylic acids is 1. The van der Waals surface area contributed by atoms with Crippen molar-refractivity contribution >= 4 is 46.6 Å². The predicted molar refractivity (Wildman–Crippen MR) is 147 cm³/mol. The lowest BCUT2D eigenvalue weighted by atomic mass is 9.93. The van der Waals surface area contributed by atoms with E-state index >= 15 is 8.78 Å². The van der Waals surface area contributed by atoms with Crippen LogP contribution in [0.4, 0.5) is 13.2 Å². The van der Waals surface area contributed by atoms with Crippen molar-refractivity contribution in [3.05, 3.63) is 62.5 Å². The van der Waals surface area contributed by atoms with Crippen molar-refractivity contribution in [1.82, 2.24) is 20.1 Å². The number of hydrogen-bond donors (Lipinski definition) is 2. The number of alkyl halides is 2. The molecule has 1 aromatic carbocycles. The minimum absolute atomic E-state index is 0.00395. The number of esters is 1. The van der Waals surface area contributed by atoms with E-state index in [2.05, 4.69) is 15.3 Å². The van der Waals surface area contributed by atoms with Crippen LogP contribution in [0.5, 0.6) is 0 Å². The van der Waals surface area contributed by atoms with Crippen LogP contribution in [-0.4, -0.2) is 88.8 Å². The predicted octanol–water partition coefficient (Wildman–Crippen LogP) is 3.34. The average Bonchev–Trinajstić information content (AvgIpc) is 3.61. The first-order valence-corrected chi connectivity index (χ1v) is 14.1. The van der Waals surface area contributed by atoms with Crippen LogP contribution in [0.1, 0.15) is 30.5 Å². The Kier molecular flexibility index (Phi) is 7.83. The van der Waals surface area contributed by atoms with E-state index in [1.807, 2.05) is 0 Å². The van der Waals surface area contributed by atoms with Gasteiger partial charge in [-0.3, -0.25) is 19.5 Å². The summed E-state index contributed by atoms with van der Waals surface area (Å²) < 4.78 is 49.7. The molecule has 0 aliphatic carbocycles. The molecule has 15 heteroatoms. The fourth-order valence-electron chi connectivity index (χ4n) is 5.59. The summed E-state index contributed by atoms with van der Waals surface area (Å²) in [6.07, 6.45) is 1.55. The summed E-state index contributed by atoms with van der Waals surface area (Å²) >= 11 is 7.62. The Morgan fingerprint density at radius 2 is 2.07 bits per heavy atom.